The summed E-state index contributed by atoms with van der Waals surface area (Å²) < 4.78 is 4.92. The molecule has 0 bridgehead atoms. The van der Waals surface area contributed by atoms with Gasteiger partial charge in [-0.3, -0.25) is 14.9 Å². The maximum Gasteiger partial charge on any atom is 0.274 e. The first-order chi connectivity index (χ1) is 8.15. The number of nitrogens with one attached hydrogen (secondary N) is 1. The van der Waals surface area contributed by atoms with Gasteiger partial charge >= 0.3 is 0 Å². The van der Waals surface area contributed by atoms with E-state index < -0.39 is 4.92 Å². The maximum absolute atomic E-state index is 11.3. The van der Waals surface area contributed by atoms with Crippen molar-refractivity contribution < 1.29 is 14.5 Å². The number of nitro groups is 1. The highest BCUT2D eigenvalue weighted by Gasteiger charge is 2.12. The topological polar surface area (TPSA) is 81.5 Å². The number of benzene rings is 1. The molecule has 0 radical (unpaired) electrons. The molecule has 0 saturated heterocycles. The van der Waals surface area contributed by atoms with Crippen molar-refractivity contribution in [1.29, 1.82) is 0 Å². The largest absolute Gasteiger partial charge is 0.372 e. The fraction of sp³-hybridized carbons (Fsp3) is 0.364. The van der Waals surface area contributed by atoms with Gasteiger partial charge in [0.2, 0.25) is 5.91 Å². The number of carbonyl (C=O) groups excluding carboxylic acids is 1. The summed E-state index contributed by atoms with van der Waals surface area (Å²) in [5, 5.41) is 13.3. The number of hydrogen-bond acceptors (Lipinski definition) is 4. The fourth-order valence-electron chi connectivity index (χ4n) is 1.28. The molecule has 0 aliphatic heterocycles. The third-order valence-corrected chi connectivity index (χ3v) is 2.10. The predicted octanol–water partition coefficient (Wildman–Crippen LogP) is 1.25. The van der Waals surface area contributed by atoms with E-state index in [0.29, 0.717) is 12.2 Å². The Morgan fingerprint density at radius 3 is 2.82 bits per heavy atom. The number of amides is 1. The lowest BCUT2D eigenvalue weighted by Gasteiger charge is -2.05. The number of nitro benzene ring substituents is 1. The van der Waals surface area contributed by atoms with Crippen LogP contribution >= 0.6 is 0 Å². The van der Waals surface area contributed by atoms with Crippen LogP contribution in [-0.4, -0.2) is 24.0 Å². The Balaban J connectivity index is 2.57. The van der Waals surface area contributed by atoms with E-state index in [1.54, 1.807) is 25.1 Å². The van der Waals surface area contributed by atoms with Gasteiger partial charge in [-0.25, -0.2) is 0 Å². The predicted molar refractivity (Wildman–Crippen MR) is 61.4 cm³/mol. The minimum absolute atomic E-state index is 0.00390. The summed E-state index contributed by atoms with van der Waals surface area (Å²) in [4.78, 5) is 21.5. The molecule has 0 heterocycles. The van der Waals surface area contributed by atoms with Crippen LogP contribution in [0, 0.1) is 10.1 Å². The molecule has 6 heteroatoms. The summed E-state index contributed by atoms with van der Waals surface area (Å²) >= 11 is 0. The highest BCUT2D eigenvalue weighted by Crippen LogP contribution is 2.16. The number of ether oxygens (including phenoxy) is 1. The molecule has 1 aromatic rings. The minimum Gasteiger partial charge on any atom is -0.372 e. The van der Waals surface area contributed by atoms with Crippen LogP contribution in [0.15, 0.2) is 24.3 Å². The van der Waals surface area contributed by atoms with Gasteiger partial charge in [-0.1, -0.05) is 18.2 Å². The van der Waals surface area contributed by atoms with Gasteiger partial charge in [-0.15, -0.1) is 0 Å². The van der Waals surface area contributed by atoms with Crippen LogP contribution in [0.1, 0.15) is 12.5 Å². The molecule has 1 N–H and O–H groups in total. The first-order valence-electron chi connectivity index (χ1n) is 5.22. The lowest BCUT2D eigenvalue weighted by atomic mass is 10.2. The fourth-order valence-corrected chi connectivity index (χ4v) is 1.28. The second-order valence-electron chi connectivity index (χ2n) is 3.30. The van der Waals surface area contributed by atoms with Crippen LogP contribution in [-0.2, 0) is 16.1 Å². The number of nitrogens with zero attached hydrogens (tertiary/aromatic N) is 1. The smallest absolute Gasteiger partial charge is 0.274 e. The molecule has 92 valence electrons. The summed E-state index contributed by atoms with van der Waals surface area (Å²) in [5.74, 6) is -0.287. The Morgan fingerprint density at radius 2 is 2.18 bits per heavy atom. The van der Waals surface area contributed by atoms with Crippen LogP contribution in [0.2, 0.25) is 0 Å². The summed E-state index contributed by atoms with van der Waals surface area (Å²) in [6.07, 6.45) is 0. The standard InChI is InChI=1S/C11H14N2O4/c1-2-17-8-11(14)12-7-9-5-3-4-6-10(9)13(15)16/h3-6H,2,7-8H2,1H3,(H,12,14). The Labute approximate surface area is 98.7 Å². The zero-order valence-corrected chi connectivity index (χ0v) is 9.51. The molecule has 1 aromatic carbocycles. The molecule has 0 aliphatic rings. The Kier molecular flexibility index (Phi) is 5.09. The van der Waals surface area contributed by atoms with Crippen LogP contribution < -0.4 is 5.32 Å². The molecule has 17 heavy (non-hydrogen) atoms. The number of carbonyl (C=O) groups is 1. The number of para-hydroxylation sites is 1. The van der Waals surface area contributed by atoms with Crippen molar-refractivity contribution in [2.24, 2.45) is 0 Å². The van der Waals surface area contributed by atoms with Gasteiger partial charge in [0.05, 0.1) is 4.92 Å². The van der Waals surface area contributed by atoms with E-state index in [2.05, 4.69) is 5.32 Å². The Bertz CT molecular complexity index is 406. The summed E-state index contributed by atoms with van der Waals surface area (Å²) in [6, 6.07) is 6.30. The van der Waals surface area contributed by atoms with E-state index in [0.717, 1.165) is 0 Å². The van der Waals surface area contributed by atoms with Gasteiger partial charge in [0, 0.05) is 24.8 Å². The van der Waals surface area contributed by atoms with Crippen molar-refractivity contribution in [1.82, 2.24) is 5.32 Å². The number of rotatable bonds is 6. The lowest BCUT2D eigenvalue weighted by Crippen LogP contribution is -2.27. The molecule has 0 aliphatic carbocycles. The highest BCUT2D eigenvalue weighted by molar-refractivity contribution is 5.77. The van der Waals surface area contributed by atoms with Crippen LogP contribution in [0.4, 0.5) is 5.69 Å². The molecular formula is C11H14N2O4. The van der Waals surface area contributed by atoms with E-state index in [1.165, 1.54) is 6.07 Å². The molecular weight excluding hydrogens is 224 g/mol. The van der Waals surface area contributed by atoms with Crippen molar-refractivity contribution >= 4 is 11.6 Å². The lowest BCUT2D eigenvalue weighted by molar-refractivity contribution is -0.385. The zero-order valence-electron chi connectivity index (χ0n) is 9.51. The van der Waals surface area contributed by atoms with E-state index in [-0.39, 0.29) is 24.7 Å². The molecule has 0 unspecified atom stereocenters. The first kappa shape index (κ1) is 13.1. The van der Waals surface area contributed by atoms with E-state index in [9.17, 15) is 14.9 Å². The van der Waals surface area contributed by atoms with Crippen LogP contribution in [0.3, 0.4) is 0 Å². The summed E-state index contributed by atoms with van der Waals surface area (Å²) in [6.45, 7) is 2.34. The second kappa shape index (κ2) is 6.59. The normalized spacial score (nSPS) is 9.94. The zero-order chi connectivity index (χ0) is 12.7. The van der Waals surface area contributed by atoms with Crippen LogP contribution in [0.5, 0.6) is 0 Å². The highest BCUT2D eigenvalue weighted by atomic mass is 16.6. The van der Waals surface area contributed by atoms with Crippen molar-refractivity contribution in [2.75, 3.05) is 13.2 Å². The van der Waals surface area contributed by atoms with Crippen molar-refractivity contribution in [2.45, 2.75) is 13.5 Å². The van der Waals surface area contributed by atoms with Gasteiger partial charge < -0.3 is 10.1 Å². The van der Waals surface area contributed by atoms with E-state index in [4.69, 9.17) is 4.74 Å². The molecule has 0 spiro atoms. The van der Waals surface area contributed by atoms with Gasteiger partial charge in [0.15, 0.2) is 0 Å². The maximum atomic E-state index is 11.3. The summed E-state index contributed by atoms with van der Waals surface area (Å²) in [5.41, 5.74) is 0.478. The summed E-state index contributed by atoms with van der Waals surface area (Å²) in [7, 11) is 0. The molecule has 0 saturated carbocycles. The van der Waals surface area contributed by atoms with Crippen molar-refractivity contribution in [3.8, 4) is 0 Å². The van der Waals surface area contributed by atoms with Gasteiger partial charge in [0.25, 0.3) is 5.69 Å². The molecule has 6 nitrogen and oxygen atoms in total. The molecule has 0 fully saturated rings. The van der Waals surface area contributed by atoms with Gasteiger partial charge in [-0.05, 0) is 6.92 Å². The third kappa shape index (κ3) is 4.20. The van der Waals surface area contributed by atoms with E-state index >= 15 is 0 Å². The van der Waals surface area contributed by atoms with Gasteiger partial charge in [0.1, 0.15) is 6.61 Å². The second-order valence-corrected chi connectivity index (χ2v) is 3.30. The van der Waals surface area contributed by atoms with Crippen LogP contribution in [0.25, 0.3) is 0 Å². The molecule has 0 aromatic heterocycles. The average molecular weight is 238 g/mol. The minimum atomic E-state index is -0.468. The van der Waals surface area contributed by atoms with E-state index in [1.807, 2.05) is 0 Å². The van der Waals surface area contributed by atoms with Gasteiger partial charge in [-0.2, -0.15) is 0 Å². The first-order valence-corrected chi connectivity index (χ1v) is 5.22. The van der Waals surface area contributed by atoms with Crippen molar-refractivity contribution in [3.05, 3.63) is 39.9 Å². The average Bonchev–Trinajstić information content (AvgIpc) is 2.34. The SMILES string of the molecule is CCOCC(=O)NCc1ccccc1[N+](=O)[O-]. The van der Waals surface area contributed by atoms with Crippen molar-refractivity contribution in [3.63, 3.8) is 0 Å². The Morgan fingerprint density at radius 1 is 1.47 bits per heavy atom. The molecule has 1 amide bonds. The monoisotopic (exact) mass is 238 g/mol. The third-order valence-electron chi connectivity index (χ3n) is 2.10. The molecule has 1 rings (SSSR count). The molecule has 0 atom stereocenters. The number of hydrogen-bond donors (Lipinski definition) is 1. The Hall–Kier alpha value is -1.95. The quantitative estimate of drug-likeness (QED) is 0.597.